The zero-order valence-electron chi connectivity index (χ0n) is 12.1. The van der Waals surface area contributed by atoms with Gasteiger partial charge in [-0.1, -0.05) is 30.3 Å². The summed E-state index contributed by atoms with van der Waals surface area (Å²) in [4.78, 5) is 11.7. The number of amides is 2. The highest BCUT2D eigenvalue weighted by Gasteiger charge is 2.13. The Morgan fingerprint density at radius 1 is 1.25 bits per heavy atom. The predicted octanol–water partition coefficient (Wildman–Crippen LogP) is 2.85. The first-order valence-electron chi connectivity index (χ1n) is 6.58. The lowest BCUT2D eigenvalue weighted by Gasteiger charge is -2.20. The number of anilines is 1. The number of aromatic nitrogens is 2. The zero-order valence-corrected chi connectivity index (χ0v) is 12.1. The van der Waals surface area contributed by atoms with Crippen LogP contribution in [0.1, 0.15) is 26.3 Å². The molecule has 0 aliphatic carbocycles. The minimum Gasteiger partial charge on any atom is -0.333 e. The van der Waals surface area contributed by atoms with E-state index in [-0.39, 0.29) is 11.6 Å². The number of carbonyl (C=O) groups is 1. The van der Waals surface area contributed by atoms with Crippen LogP contribution in [-0.4, -0.2) is 21.4 Å². The Bertz CT molecular complexity index is 569. The van der Waals surface area contributed by atoms with E-state index in [1.807, 2.05) is 57.3 Å². The molecule has 1 aromatic carbocycles. The Morgan fingerprint density at radius 2 is 1.95 bits per heavy atom. The van der Waals surface area contributed by atoms with Gasteiger partial charge in [0.05, 0.1) is 18.4 Å². The molecule has 2 amide bonds. The number of carbonyl (C=O) groups excluding carboxylic acids is 1. The van der Waals surface area contributed by atoms with E-state index in [4.69, 9.17) is 0 Å². The molecule has 0 unspecified atom stereocenters. The van der Waals surface area contributed by atoms with Crippen molar-refractivity contribution in [1.82, 2.24) is 15.1 Å². The van der Waals surface area contributed by atoms with Gasteiger partial charge in [0.1, 0.15) is 0 Å². The molecule has 1 heterocycles. The van der Waals surface area contributed by atoms with Gasteiger partial charge in [-0.3, -0.25) is 4.68 Å². The van der Waals surface area contributed by atoms with Crippen LogP contribution in [-0.2, 0) is 6.54 Å². The molecule has 0 aliphatic heterocycles. The molecule has 2 N–H and O–H groups in total. The first-order valence-corrected chi connectivity index (χ1v) is 6.58. The average Bonchev–Trinajstić information content (AvgIpc) is 2.75. The molecule has 0 saturated heterocycles. The summed E-state index contributed by atoms with van der Waals surface area (Å²) < 4.78 is 1.79. The number of urea groups is 1. The third kappa shape index (κ3) is 4.42. The van der Waals surface area contributed by atoms with Crippen LogP contribution in [0.15, 0.2) is 42.7 Å². The first kappa shape index (κ1) is 14.1. The molecule has 1 aromatic heterocycles. The van der Waals surface area contributed by atoms with Crippen molar-refractivity contribution in [2.45, 2.75) is 32.9 Å². The van der Waals surface area contributed by atoms with E-state index in [1.54, 1.807) is 10.9 Å². The van der Waals surface area contributed by atoms with E-state index in [9.17, 15) is 4.79 Å². The molecule has 5 nitrogen and oxygen atoms in total. The van der Waals surface area contributed by atoms with Crippen molar-refractivity contribution in [2.75, 3.05) is 5.32 Å². The molecular formula is C15H20N4O. The highest BCUT2D eigenvalue weighted by atomic mass is 16.2. The second-order valence-electron chi connectivity index (χ2n) is 5.74. The molecule has 20 heavy (non-hydrogen) atoms. The molecule has 0 atom stereocenters. The van der Waals surface area contributed by atoms with Crippen molar-refractivity contribution in [2.24, 2.45) is 0 Å². The van der Waals surface area contributed by atoms with E-state index in [0.29, 0.717) is 12.2 Å². The van der Waals surface area contributed by atoms with Crippen LogP contribution in [0.3, 0.4) is 0 Å². The van der Waals surface area contributed by atoms with Gasteiger partial charge in [-0.2, -0.15) is 5.10 Å². The van der Waals surface area contributed by atoms with Gasteiger partial charge in [0.15, 0.2) is 0 Å². The van der Waals surface area contributed by atoms with Gasteiger partial charge in [0.2, 0.25) is 0 Å². The molecule has 0 radical (unpaired) electrons. The summed E-state index contributed by atoms with van der Waals surface area (Å²) in [6.07, 6.45) is 3.46. The summed E-state index contributed by atoms with van der Waals surface area (Å²) in [6, 6.07) is 9.83. The Labute approximate surface area is 119 Å². The molecule has 106 valence electrons. The molecule has 0 bridgehead atoms. The maximum Gasteiger partial charge on any atom is 0.319 e. The van der Waals surface area contributed by atoms with Gasteiger partial charge in [0, 0.05) is 11.7 Å². The largest absolute Gasteiger partial charge is 0.333 e. The number of rotatable bonds is 3. The fourth-order valence-electron chi connectivity index (χ4n) is 1.79. The van der Waals surface area contributed by atoms with Gasteiger partial charge in [-0.05, 0) is 26.3 Å². The predicted molar refractivity (Wildman–Crippen MR) is 79.7 cm³/mol. The molecule has 5 heteroatoms. The Morgan fingerprint density at radius 3 is 2.60 bits per heavy atom. The van der Waals surface area contributed by atoms with Crippen molar-refractivity contribution in [3.8, 4) is 0 Å². The van der Waals surface area contributed by atoms with Crippen molar-refractivity contribution >= 4 is 11.7 Å². The third-order valence-corrected chi connectivity index (χ3v) is 2.57. The lowest BCUT2D eigenvalue weighted by molar-refractivity contribution is 0.244. The fourth-order valence-corrected chi connectivity index (χ4v) is 1.79. The molecule has 0 spiro atoms. The van der Waals surface area contributed by atoms with Crippen LogP contribution < -0.4 is 10.6 Å². The monoisotopic (exact) mass is 272 g/mol. The molecular weight excluding hydrogens is 252 g/mol. The van der Waals surface area contributed by atoms with E-state index < -0.39 is 0 Å². The van der Waals surface area contributed by atoms with Gasteiger partial charge in [-0.15, -0.1) is 0 Å². The first-order chi connectivity index (χ1) is 9.42. The number of hydrogen-bond donors (Lipinski definition) is 2. The number of hydrogen-bond acceptors (Lipinski definition) is 2. The van der Waals surface area contributed by atoms with Crippen LogP contribution >= 0.6 is 0 Å². The minimum atomic E-state index is -0.260. The highest BCUT2D eigenvalue weighted by molar-refractivity contribution is 5.89. The minimum absolute atomic E-state index is 0.225. The van der Waals surface area contributed by atoms with Crippen LogP contribution in [0.4, 0.5) is 10.5 Å². The van der Waals surface area contributed by atoms with Gasteiger partial charge in [-0.25, -0.2) is 4.79 Å². The van der Waals surface area contributed by atoms with Gasteiger partial charge >= 0.3 is 6.03 Å². The fraction of sp³-hybridized carbons (Fsp3) is 0.333. The molecule has 2 rings (SSSR count). The van der Waals surface area contributed by atoms with Gasteiger partial charge in [0.25, 0.3) is 0 Å². The van der Waals surface area contributed by atoms with Crippen LogP contribution in [0.2, 0.25) is 0 Å². The summed E-state index contributed by atoms with van der Waals surface area (Å²) in [5.41, 5.74) is 1.59. The van der Waals surface area contributed by atoms with E-state index in [0.717, 1.165) is 0 Å². The third-order valence-electron chi connectivity index (χ3n) is 2.57. The molecule has 0 aliphatic rings. The van der Waals surface area contributed by atoms with Crippen molar-refractivity contribution in [1.29, 1.82) is 0 Å². The van der Waals surface area contributed by atoms with E-state index in [2.05, 4.69) is 15.7 Å². The zero-order chi connectivity index (χ0) is 14.6. The normalized spacial score (nSPS) is 11.2. The lowest BCUT2D eigenvalue weighted by Crippen LogP contribution is -2.43. The van der Waals surface area contributed by atoms with E-state index in [1.165, 1.54) is 5.56 Å². The molecule has 0 fully saturated rings. The summed E-state index contributed by atoms with van der Waals surface area (Å²) >= 11 is 0. The smallest absolute Gasteiger partial charge is 0.319 e. The number of nitrogens with one attached hydrogen (secondary N) is 2. The Hall–Kier alpha value is -2.30. The standard InChI is InChI=1S/C15H20N4O/c1-15(2,3)18-14(20)17-13-9-16-19(11-13)10-12-7-5-4-6-8-12/h4-9,11H,10H2,1-3H3,(H2,17,18,20). The van der Waals surface area contributed by atoms with Gasteiger partial charge < -0.3 is 10.6 Å². The molecule has 2 aromatic rings. The summed E-state index contributed by atoms with van der Waals surface area (Å²) in [5, 5.41) is 9.85. The van der Waals surface area contributed by atoms with Crippen LogP contribution in [0.5, 0.6) is 0 Å². The maximum absolute atomic E-state index is 11.7. The number of nitrogens with zero attached hydrogens (tertiary/aromatic N) is 2. The Kier molecular flexibility index (Phi) is 4.08. The second kappa shape index (κ2) is 5.77. The van der Waals surface area contributed by atoms with Crippen molar-refractivity contribution in [3.05, 3.63) is 48.3 Å². The SMILES string of the molecule is CC(C)(C)NC(=O)Nc1cnn(Cc2ccccc2)c1. The quantitative estimate of drug-likeness (QED) is 0.902. The average molecular weight is 272 g/mol. The molecule has 0 saturated carbocycles. The second-order valence-corrected chi connectivity index (χ2v) is 5.74. The van der Waals surface area contributed by atoms with Crippen LogP contribution in [0.25, 0.3) is 0 Å². The van der Waals surface area contributed by atoms with Crippen molar-refractivity contribution < 1.29 is 4.79 Å². The lowest BCUT2D eigenvalue weighted by atomic mass is 10.1. The van der Waals surface area contributed by atoms with Crippen LogP contribution in [0, 0.1) is 0 Å². The highest BCUT2D eigenvalue weighted by Crippen LogP contribution is 2.08. The topological polar surface area (TPSA) is 59.0 Å². The Balaban J connectivity index is 1.94. The summed E-state index contributed by atoms with van der Waals surface area (Å²) in [6.45, 7) is 6.49. The van der Waals surface area contributed by atoms with Crippen molar-refractivity contribution in [3.63, 3.8) is 0 Å². The number of benzene rings is 1. The summed E-state index contributed by atoms with van der Waals surface area (Å²) in [7, 11) is 0. The maximum atomic E-state index is 11.7. The summed E-state index contributed by atoms with van der Waals surface area (Å²) in [5.74, 6) is 0. The van der Waals surface area contributed by atoms with E-state index >= 15 is 0 Å².